The smallest absolute Gasteiger partial charge is 0.337 e. The Morgan fingerprint density at radius 1 is 1.33 bits per heavy atom. The van der Waals surface area contributed by atoms with Crippen molar-refractivity contribution < 1.29 is 13.9 Å². The lowest BCUT2D eigenvalue weighted by Crippen LogP contribution is -2.13. The van der Waals surface area contributed by atoms with Crippen LogP contribution in [-0.4, -0.2) is 24.3 Å². The van der Waals surface area contributed by atoms with E-state index in [1.54, 1.807) is 30.5 Å². The van der Waals surface area contributed by atoms with Gasteiger partial charge >= 0.3 is 5.97 Å². The molecule has 0 bridgehead atoms. The molecule has 1 aromatic heterocycles. The maximum Gasteiger partial charge on any atom is 0.337 e. The van der Waals surface area contributed by atoms with Gasteiger partial charge in [0.1, 0.15) is 6.07 Å². The van der Waals surface area contributed by atoms with Crippen LogP contribution in [0.2, 0.25) is 0 Å². The summed E-state index contributed by atoms with van der Waals surface area (Å²) in [6.45, 7) is 2.23. The topological polar surface area (TPSA) is 101 Å². The Labute approximate surface area is 177 Å². The molecule has 0 spiro atoms. The van der Waals surface area contributed by atoms with Gasteiger partial charge in [-0.15, -0.1) is 0 Å². The summed E-state index contributed by atoms with van der Waals surface area (Å²) in [6.07, 6.45) is 9.92. The van der Waals surface area contributed by atoms with Gasteiger partial charge in [-0.1, -0.05) is 38.3 Å². The lowest BCUT2D eigenvalue weighted by Gasteiger charge is -2.26. The average molecular weight is 409 g/mol. The van der Waals surface area contributed by atoms with Gasteiger partial charge in [0.05, 0.1) is 18.9 Å². The number of hydrazone groups is 1. The minimum Gasteiger partial charge on any atom is -0.465 e. The summed E-state index contributed by atoms with van der Waals surface area (Å²) in [5.41, 5.74) is 4.26. The Bertz CT molecular complexity index is 904. The lowest BCUT2D eigenvalue weighted by molar-refractivity contribution is 0.0600. The number of nitriles is 1. The van der Waals surface area contributed by atoms with E-state index in [-0.39, 0.29) is 23.5 Å². The van der Waals surface area contributed by atoms with Crippen molar-refractivity contribution in [2.75, 3.05) is 12.5 Å². The van der Waals surface area contributed by atoms with Crippen LogP contribution in [0.25, 0.3) is 0 Å². The highest BCUT2D eigenvalue weighted by Crippen LogP contribution is 2.38. The highest BCUT2D eigenvalue weighted by Gasteiger charge is 2.27. The van der Waals surface area contributed by atoms with E-state index in [1.807, 2.05) is 0 Å². The molecule has 1 aliphatic carbocycles. The van der Waals surface area contributed by atoms with Crippen molar-refractivity contribution in [3.05, 3.63) is 47.0 Å². The number of rotatable bonds is 8. The molecule has 0 atom stereocenters. The monoisotopic (exact) mass is 408 g/mol. The highest BCUT2D eigenvalue weighted by atomic mass is 16.5. The summed E-state index contributed by atoms with van der Waals surface area (Å²) in [5.74, 6) is 1.58. The molecule has 1 aromatic carbocycles. The average Bonchev–Trinajstić information content (AvgIpc) is 3.21. The Kier molecular flexibility index (Phi) is 7.61. The number of methoxy groups -OCH3 is 1. The van der Waals surface area contributed by atoms with Crippen molar-refractivity contribution in [2.45, 2.75) is 57.8 Å². The molecule has 7 heteroatoms. The number of hydrogen-bond donors (Lipinski definition) is 1. The van der Waals surface area contributed by atoms with Crippen LogP contribution < -0.4 is 5.43 Å². The Balaban J connectivity index is 1.59. The number of oxazole rings is 1. The largest absolute Gasteiger partial charge is 0.465 e. The third-order valence-electron chi connectivity index (χ3n) is 5.62. The minimum absolute atomic E-state index is 0.219. The number of hydrogen-bond acceptors (Lipinski definition) is 7. The zero-order valence-corrected chi connectivity index (χ0v) is 17.6. The molecule has 1 heterocycles. The molecule has 158 valence electrons. The first-order valence-electron chi connectivity index (χ1n) is 10.5. The van der Waals surface area contributed by atoms with Gasteiger partial charge in [-0.3, -0.25) is 0 Å². The number of carbonyl (C=O) groups is 1. The molecule has 0 saturated heterocycles. The summed E-state index contributed by atoms with van der Waals surface area (Å²) in [5, 5.41) is 13.5. The predicted octanol–water partition coefficient (Wildman–Crippen LogP) is 5.24. The Hall–Kier alpha value is -3.14. The van der Waals surface area contributed by atoms with Gasteiger partial charge in [0.25, 0.3) is 5.88 Å². The normalized spacial score (nSPS) is 18.8. The van der Waals surface area contributed by atoms with E-state index in [1.165, 1.54) is 39.2 Å². The molecule has 7 nitrogen and oxygen atoms in total. The second kappa shape index (κ2) is 10.6. The van der Waals surface area contributed by atoms with Crippen LogP contribution in [0.3, 0.4) is 0 Å². The fraction of sp³-hybridized carbons (Fsp3) is 0.478. The fourth-order valence-electron chi connectivity index (χ4n) is 3.84. The van der Waals surface area contributed by atoms with Crippen LogP contribution in [0.4, 0.5) is 5.88 Å². The number of carbonyl (C=O) groups excluding carboxylic acids is 1. The van der Waals surface area contributed by atoms with Crippen molar-refractivity contribution in [3.8, 4) is 6.07 Å². The van der Waals surface area contributed by atoms with E-state index in [9.17, 15) is 10.1 Å². The molecular formula is C23H28N4O3. The lowest BCUT2D eigenvalue weighted by atomic mass is 9.80. The van der Waals surface area contributed by atoms with Crippen molar-refractivity contribution in [2.24, 2.45) is 11.0 Å². The van der Waals surface area contributed by atoms with Crippen LogP contribution in [0.5, 0.6) is 0 Å². The molecule has 0 unspecified atom stereocenters. The number of unbranched alkanes of at least 4 members (excludes halogenated alkanes) is 1. The van der Waals surface area contributed by atoms with Gasteiger partial charge in [0.15, 0.2) is 0 Å². The van der Waals surface area contributed by atoms with Crippen molar-refractivity contribution in [1.29, 1.82) is 5.26 Å². The molecule has 1 saturated carbocycles. The minimum atomic E-state index is -0.385. The number of nitrogens with zero attached hydrogens (tertiary/aromatic N) is 3. The standard InChI is InChI=1S/C23H28N4O3/c1-3-4-5-16-6-10-18(11-7-16)21-26-20(14-24)22(30-21)27-25-15-17-8-12-19(13-9-17)23(28)29-2/h8-9,12-13,15-16,18,27H,3-7,10-11H2,1-2H3/b25-15+. The quantitative estimate of drug-likeness (QED) is 0.364. The molecule has 1 aliphatic rings. The van der Waals surface area contributed by atoms with E-state index in [4.69, 9.17) is 4.42 Å². The first-order valence-corrected chi connectivity index (χ1v) is 10.5. The number of nitrogens with one attached hydrogen (secondary N) is 1. The van der Waals surface area contributed by atoms with Gasteiger partial charge in [-0.05, 0) is 49.3 Å². The number of anilines is 1. The maximum absolute atomic E-state index is 11.5. The van der Waals surface area contributed by atoms with E-state index in [0.29, 0.717) is 11.5 Å². The number of ether oxygens (including phenoxy) is 1. The van der Waals surface area contributed by atoms with Gasteiger partial charge in [-0.25, -0.2) is 15.2 Å². The van der Waals surface area contributed by atoms with Crippen molar-refractivity contribution >= 4 is 18.1 Å². The molecule has 30 heavy (non-hydrogen) atoms. The van der Waals surface area contributed by atoms with Crippen molar-refractivity contribution in [1.82, 2.24) is 4.98 Å². The van der Waals surface area contributed by atoms with Crippen LogP contribution in [0, 0.1) is 17.2 Å². The molecule has 3 rings (SSSR count). The van der Waals surface area contributed by atoms with E-state index < -0.39 is 0 Å². The fourth-order valence-corrected chi connectivity index (χ4v) is 3.84. The first kappa shape index (κ1) is 21.6. The molecule has 0 aliphatic heterocycles. The number of benzene rings is 1. The van der Waals surface area contributed by atoms with Crippen molar-refractivity contribution in [3.63, 3.8) is 0 Å². The zero-order valence-electron chi connectivity index (χ0n) is 17.6. The van der Waals surface area contributed by atoms with E-state index in [2.05, 4.69) is 33.2 Å². The molecule has 1 fully saturated rings. The van der Waals surface area contributed by atoms with E-state index >= 15 is 0 Å². The van der Waals surface area contributed by atoms with Gasteiger partial charge < -0.3 is 9.15 Å². The summed E-state index contributed by atoms with van der Waals surface area (Å²) in [7, 11) is 1.35. The summed E-state index contributed by atoms with van der Waals surface area (Å²) in [6, 6.07) is 8.91. The summed E-state index contributed by atoms with van der Waals surface area (Å²) >= 11 is 0. The van der Waals surface area contributed by atoms with Gasteiger partial charge in [0.2, 0.25) is 11.6 Å². The highest BCUT2D eigenvalue weighted by molar-refractivity contribution is 5.90. The van der Waals surface area contributed by atoms with Crippen LogP contribution in [0.15, 0.2) is 33.8 Å². The number of aromatic nitrogens is 1. The van der Waals surface area contributed by atoms with Crippen LogP contribution >= 0.6 is 0 Å². The van der Waals surface area contributed by atoms with E-state index in [0.717, 1.165) is 24.3 Å². The first-order chi connectivity index (χ1) is 14.6. The Morgan fingerprint density at radius 2 is 2.07 bits per heavy atom. The predicted molar refractivity (Wildman–Crippen MR) is 114 cm³/mol. The summed E-state index contributed by atoms with van der Waals surface area (Å²) in [4.78, 5) is 15.9. The Morgan fingerprint density at radius 3 is 2.70 bits per heavy atom. The summed E-state index contributed by atoms with van der Waals surface area (Å²) < 4.78 is 10.5. The second-order valence-electron chi connectivity index (χ2n) is 7.69. The van der Waals surface area contributed by atoms with Crippen LogP contribution in [0.1, 0.15) is 85.3 Å². The van der Waals surface area contributed by atoms with Crippen LogP contribution in [-0.2, 0) is 4.74 Å². The van der Waals surface area contributed by atoms with Gasteiger partial charge in [-0.2, -0.15) is 10.4 Å². The van der Waals surface area contributed by atoms with Gasteiger partial charge in [0, 0.05) is 5.92 Å². The second-order valence-corrected chi connectivity index (χ2v) is 7.69. The molecule has 0 amide bonds. The molecule has 2 aromatic rings. The number of esters is 1. The molecule has 0 radical (unpaired) electrons. The molecular weight excluding hydrogens is 380 g/mol. The third kappa shape index (κ3) is 5.47. The zero-order chi connectivity index (χ0) is 21.3. The maximum atomic E-state index is 11.5. The SMILES string of the molecule is CCCCC1CCC(c2nc(C#N)c(N/N=C/c3ccc(C(=O)OC)cc3)o2)CC1. The molecule has 1 N–H and O–H groups in total. The third-order valence-corrected chi connectivity index (χ3v) is 5.62.